The van der Waals surface area contributed by atoms with Gasteiger partial charge in [0.25, 0.3) is 0 Å². The molecule has 0 unspecified atom stereocenters. The van der Waals surface area contributed by atoms with E-state index in [1.54, 1.807) is 56.6 Å². The summed E-state index contributed by atoms with van der Waals surface area (Å²) in [6.07, 6.45) is 5.70. The number of amides is 1. The van der Waals surface area contributed by atoms with Crippen molar-refractivity contribution in [2.24, 2.45) is 5.73 Å². The number of halogens is 1. The van der Waals surface area contributed by atoms with Gasteiger partial charge in [0.1, 0.15) is 40.6 Å². The van der Waals surface area contributed by atoms with Crippen molar-refractivity contribution in [1.29, 1.82) is 0 Å². The second-order valence-corrected chi connectivity index (χ2v) is 12.1. The molecule has 0 bridgehead atoms. The first kappa shape index (κ1) is 29.4. The minimum Gasteiger partial charge on any atom is -0.490 e. The van der Waals surface area contributed by atoms with E-state index in [-0.39, 0.29) is 37.0 Å². The molecule has 1 aliphatic carbocycles. The summed E-state index contributed by atoms with van der Waals surface area (Å²) in [5.41, 5.74) is 8.09. The molecule has 2 aliphatic rings. The lowest BCUT2D eigenvalue weighted by Crippen LogP contribution is -2.40. The van der Waals surface area contributed by atoms with Crippen molar-refractivity contribution < 1.29 is 28.6 Å². The molecule has 3 N–H and O–H groups in total. The number of pyridine rings is 2. The number of carbonyl (C=O) groups excluding carboxylic acids is 2. The average Bonchev–Trinajstić information content (AvgIpc) is 3.76. The highest BCUT2D eigenvalue weighted by atomic mass is 19.1. The van der Waals surface area contributed by atoms with Crippen molar-refractivity contribution in [1.82, 2.24) is 9.97 Å². The molecule has 4 aromatic rings. The molecule has 9 heteroatoms. The number of nitrogens with zero attached hydrogens (tertiary/aromatic N) is 2. The summed E-state index contributed by atoms with van der Waals surface area (Å²) in [5.74, 6) is -0.141. The number of aromatic nitrogens is 2. The molecule has 1 amide bonds. The summed E-state index contributed by atoms with van der Waals surface area (Å²) < 4.78 is 25.8. The van der Waals surface area contributed by atoms with Crippen LogP contribution in [0.3, 0.4) is 0 Å². The van der Waals surface area contributed by atoms with Gasteiger partial charge in [0, 0.05) is 41.1 Å². The minimum atomic E-state index is -1.55. The Hall–Kier alpha value is -4.63. The maximum atomic E-state index is 13.7. The third-order valence-corrected chi connectivity index (χ3v) is 8.56. The Morgan fingerprint density at radius 3 is 2.57 bits per heavy atom. The zero-order valence-corrected chi connectivity index (χ0v) is 24.9. The average molecular weight is 596 g/mol. The standard InChI is InChI=1S/C35H34FN3O5/c1-20-18-38-15-13-25(20)26-11-6-22(16-29(26)44-24-9-10-24)28(40)12-14-35(3,42)30-17-27-32(43-19-34(27,2)33(37)41)31(39-30)21-4-7-23(36)8-5-21/h4-8,11,13,15-18,24,42H,9-10,12,14,19H2,1-3H3,(H2,37,41)/t34-,35-/m0/s1. The number of ketones is 1. The highest BCUT2D eigenvalue weighted by Crippen LogP contribution is 2.46. The van der Waals surface area contributed by atoms with Crippen molar-refractivity contribution in [2.75, 3.05) is 6.61 Å². The van der Waals surface area contributed by atoms with Crippen molar-refractivity contribution >= 4 is 11.7 Å². The number of Topliss-reactive ketones (excluding diaryl/α,β-unsaturated/α-hetero) is 1. The first-order chi connectivity index (χ1) is 21.0. The van der Waals surface area contributed by atoms with Crippen LogP contribution in [0.2, 0.25) is 0 Å². The van der Waals surface area contributed by atoms with E-state index in [4.69, 9.17) is 20.2 Å². The number of carbonyl (C=O) groups is 2. The topological polar surface area (TPSA) is 125 Å². The van der Waals surface area contributed by atoms with Gasteiger partial charge in [-0.2, -0.15) is 0 Å². The van der Waals surface area contributed by atoms with Crippen molar-refractivity contribution in [2.45, 2.75) is 63.6 Å². The fourth-order valence-electron chi connectivity index (χ4n) is 5.45. The molecule has 2 atom stereocenters. The maximum absolute atomic E-state index is 13.7. The van der Waals surface area contributed by atoms with E-state index in [2.05, 4.69) is 4.98 Å². The van der Waals surface area contributed by atoms with Gasteiger partial charge in [-0.3, -0.25) is 14.6 Å². The Kier molecular flexibility index (Phi) is 7.45. The van der Waals surface area contributed by atoms with Crippen molar-refractivity contribution in [3.05, 3.63) is 95.2 Å². The zero-order chi connectivity index (χ0) is 31.2. The third kappa shape index (κ3) is 5.55. The number of rotatable bonds is 10. The predicted molar refractivity (Wildman–Crippen MR) is 163 cm³/mol. The summed E-state index contributed by atoms with van der Waals surface area (Å²) >= 11 is 0. The summed E-state index contributed by atoms with van der Waals surface area (Å²) in [4.78, 5) is 34.9. The van der Waals surface area contributed by atoms with Gasteiger partial charge in [-0.25, -0.2) is 9.37 Å². The smallest absolute Gasteiger partial charge is 0.231 e. The van der Waals surface area contributed by atoms with Crippen LogP contribution in [0.1, 0.15) is 66.7 Å². The van der Waals surface area contributed by atoms with E-state index in [9.17, 15) is 19.1 Å². The number of fused-ring (bicyclic) bond motifs is 1. The molecule has 1 saturated carbocycles. The van der Waals surface area contributed by atoms with Gasteiger partial charge in [-0.15, -0.1) is 0 Å². The second kappa shape index (κ2) is 11.1. The van der Waals surface area contributed by atoms with Crippen molar-refractivity contribution in [3.63, 3.8) is 0 Å². The van der Waals surface area contributed by atoms with Gasteiger partial charge < -0.3 is 20.3 Å². The van der Waals surface area contributed by atoms with Crippen molar-refractivity contribution in [3.8, 4) is 33.9 Å². The minimum absolute atomic E-state index is 0.0118. The number of ether oxygens (including phenoxy) is 2. The number of aryl methyl sites for hydroxylation is 1. The monoisotopic (exact) mass is 595 g/mol. The molecule has 0 saturated heterocycles. The number of nitrogens with two attached hydrogens (primary N) is 1. The summed E-state index contributed by atoms with van der Waals surface area (Å²) in [6.45, 7) is 5.25. The van der Waals surface area contributed by atoms with E-state index >= 15 is 0 Å². The van der Waals surface area contributed by atoms with Gasteiger partial charge in [-0.05, 0) is 99.7 Å². The lowest BCUT2D eigenvalue weighted by Gasteiger charge is -2.26. The van der Waals surface area contributed by atoms with E-state index in [1.165, 1.54) is 12.1 Å². The Labute approximate surface area is 255 Å². The third-order valence-electron chi connectivity index (χ3n) is 8.56. The van der Waals surface area contributed by atoms with Crippen LogP contribution in [-0.2, 0) is 15.8 Å². The molecule has 8 nitrogen and oxygen atoms in total. The van der Waals surface area contributed by atoms with Crippen LogP contribution in [0.15, 0.2) is 67.0 Å². The fraction of sp³-hybridized carbons (Fsp3) is 0.314. The Morgan fingerprint density at radius 1 is 1.14 bits per heavy atom. The molecule has 6 rings (SSSR count). The Bertz CT molecular complexity index is 1770. The molecular formula is C35H34FN3O5. The number of aliphatic hydroxyl groups is 1. The molecule has 3 heterocycles. The summed E-state index contributed by atoms with van der Waals surface area (Å²) in [7, 11) is 0. The van der Waals surface area contributed by atoms with Gasteiger partial charge in [0.05, 0.1) is 11.8 Å². The van der Waals surface area contributed by atoms with Crippen LogP contribution < -0.4 is 15.2 Å². The molecule has 2 aromatic heterocycles. The molecule has 1 fully saturated rings. The fourth-order valence-corrected chi connectivity index (χ4v) is 5.45. The molecule has 0 radical (unpaired) electrons. The molecule has 1 aliphatic heterocycles. The van der Waals surface area contributed by atoms with Gasteiger partial charge in [-0.1, -0.05) is 6.07 Å². The lowest BCUT2D eigenvalue weighted by molar-refractivity contribution is -0.123. The maximum Gasteiger partial charge on any atom is 0.231 e. The summed E-state index contributed by atoms with van der Waals surface area (Å²) in [6, 6.07) is 14.7. The van der Waals surface area contributed by atoms with Crippen LogP contribution in [-0.4, -0.2) is 39.5 Å². The molecular weight excluding hydrogens is 561 g/mol. The first-order valence-electron chi connectivity index (χ1n) is 14.7. The van der Waals surface area contributed by atoms with Crippen LogP contribution >= 0.6 is 0 Å². The normalized spacial score (nSPS) is 18.7. The summed E-state index contributed by atoms with van der Waals surface area (Å²) in [5, 5.41) is 11.7. The number of benzene rings is 2. The van der Waals surface area contributed by atoms with Crippen LogP contribution in [0.4, 0.5) is 4.39 Å². The largest absolute Gasteiger partial charge is 0.490 e. The highest BCUT2D eigenvalue weighted by Gasteiger charge is 2.45. The van der Waals surface area contributed by atoms with E-state index in [0.717, 1.165) is 29.5 Å². The van der Waals surface area contributed by atoms with Gasteiger partial charge in [0.2, 0.25) is 5.91 Å². The molecule has 2 aromatic carbocycles. The number of primary amides is 1. The van der Waals surface area contributed by atoms with E-state index in [0.29, 0.717) is 33.9 Å². The van der Waals surface area contributed by atoms with Gasteiger partial charge in [0.15, 0.2) is 5.78 Å². The molecule has 0 spiro atoms. The van der Waals surface area contributed by atoms with E-state index < -0.39 is 22.7 Å². The van der Waals surface area contributed by atoms with E-state index in [1.807, 2.05) is 19.1 Å². The predicted octanol–water partition coefficient (Wildman–Crippen LogP) is 5.81. The second-order valence-electron chi connectivity index (χ2n) is 12.1. The molecule has 226 valence electrons. The SMILES string of the molecule is Cc1cnccc1-c1ccc(C(=O)CC[C@](C)(O)c2cc3c(c(-c4ccc(F)cc4)n2)OC[C@]3(C)C(N)=O)cc1OC1CC1. The number of hydrogen-bond donors (Lipinski definition) is 2. The zero-order valence-electron chi connectivity index (χ0n) is 24.9. The molecule has 44 heavy (non-hydrogen) atoms. The lowest BCUT2D eigenvalue weighted by atomic mass is 9.81. The van der Waals surface area contributed by atoms with Gasteiger partial charge >= 0.3 is 0 Å². The van der Waals surface area contributed by atoms with Crippen LogP contribution in [0.5, 0.6) is 11.5 Å². The Balaban J connectivity index is 1.30. The van der Waals surface area contributed by atoms with Crippen LogP contribution in [0, 0.1) is 12.7 Å². The Morgan fingerprint density at radius 2 is 1.89 bits per heavy atom. The highest BCUT2D eigenvalue weighted by molar-refractivity contribution is 5.97. The number of hydrogen-bond acceptors (Lipinski definition) is 7. The van der Waals surface area contributed by atoms with Crippen LogP contribution in [0.25, 0.3) is 22.4 Å². The first-order valence-corrected chi connectivity index (χ1v) is 14.7. The quantitative estimate of drug-likeness (QED) is 0.222.